The lowest BCUT2D eigenvalue weighted by Crippen LogP contribution is -2.43. The highest BCUT2D eigenvalue weighted by Gasteiger charge is 2.35. The van der Waals surface area contributed by atoms with E-state index in [2.05, 4.69) is 0 Å². The molecule has 6 heteroatoms. The topological polar surface area (TPSA) is 71.1 Å². The maximum absolute atomic E-state index is 13.1. The van der Waals surface area contributed by atoms with Crippen molar-refractivity contribution in [1.29, 1.82) is 0 Å². The fourth-order valence-corrected chi connectivity index (χ4v) is 4.40. The fourth-order valence-electron chi connectivity index (χ4n) is 4.40. The van der Waals surface area contributed by atoms with Crippen molar-refractivity contribution in [2.45, 2.75) is 96.9 Å². The molecule has 4 atom stereocenters. The van der Waals surface area contributed by atoms with Crippen LogP contribution in [0.5, 0.6) is 0 Å². The Morgan fingerprint density at radius 2 is 1.44 bits per heavy atom. The Kier molecular flexibility index (Phi) is 10.5. The molecule has 0 radical (unpaired) electrons. The van der Waals surface area contributed by atoms with Gasteiger partial charge in [0.05, 0.1) is 31.7 Å². The van der Waals surface area contributed by atoms with Gasteiger partial charge in [0.25, 0.3) is 0 Å². The second kappa shape index (κ2) is 13.6. The quantitative estimate of drug-likeness (QED) is 0.417. The molecule has 0 saturated carbocycles. The third-order valence-corrected chi connectivity index (χ3v) is 6.18. The van der Waals surface area contributed by atoms with E-state index in [1.54, 1.807) is 0 Å². The Bertz CT molecular complexity index is 937. The van der Waals surface area contributed by atoms with E-state index < -0.39 is 23.7 Å². The number of esters is 2. The maximum atomic E-state index is 13.1. The molecule has 1 aliphatic rings. The Labute approximate surface area is 215 Å². The summed E-state index contributed by atoms with van der Waals surface area (Å²) < 4.78 is 24.1. The number of rotatable bonds is 8. The van der Waals surface area contributed by atoms with Gasteiger partial charge >= 0.3 is 11.9 Å². The molecule has 0 N–H and O–H groups in total. The largest absolute Gasteiger partial charge is 0.460 e. The van der Waals surface area contributed by atoms with Crippen LogP contribution in [-0.2, 0) is 41.8 Å². The minimum absolute atomic E-state index is 0.0201. The number of hydrogen-bond donors (Lipinski definition) is 0. The molecule has 1 fully saturated rings. The minimum Gasteiger partial charge on any atom is -0.460 e. The molecular formula is C30H40O6. The molecule has 36 heavy (non-hydrogen) atoms. The van der Waals surface area contributed by atoms with E-state index in [0.717, 1.165) is 30.4 Å². The Hall–Kier alpha value is -2.70. The standard InChI is InChI=1S/C30H40O6/c1-22-28(34-21-24-15-9-6-10-16-24)26(33-20-23-13-7-5-8-14-23)18-12-11-17-25(29(32)35-22)19-27(31)36-30(2,3)4/h5-10,13-16,22,25-26,28H,11-12,17-21H2,1-4H3/t22-,25?,26-,28-/m0/s1. The van der Waals surface area contributed by atoms with Gasteiger partial charge < -0.3 is 18.9 Å². The normalized spacial score (nSPS) is 23.5. The van der Waals surface area contributed by atoms with E-state index in [4.69, 9.17) is 18.9 Å². The number of benzene rings is 2. The molecule has 0 aromatic heterocycles. The molecule has 0 spiro atoms. The second-order valence-electron chi connectivity index (χ2n) is 10.5. The molecule has 0 aliphatic carbocycles. The van der Waals surface area contributed by atoms with E-state index in [9.17, 15) is 9.59 Å². The number of carbonyl (C=O) groups is 2. The van der Waals surface area contributed by atoms with Gasteiger partial charge in [-0.25, -0.2) is 0 Å². The summed E-state index contributed by atoms with van der Waals surface area (Å²) in [6, 6.07) is 20.0. The maximum Gasteiger partial charge on any atom is 0.309 e. The van der Waals surface area contributed by atoms with Crippen molar-refractivity contribution in [3.8, 4) is 0 Å². The third-order valence-electron chi connectivity index (χ3n) is 6.18. The van der Waals surface area contributed by atoms with Gasteiger partial charge in [-0.15, -0.1) is 0 Å². The van der Waals surface area contributed by atoms with Crippen LogP contribution in [0.15, 0.2) is 60.7 Å². The molecule has 0 amide bonds. The predicted molar refractivity (Wildman–Crippen MR) is 138 cm³/mol. The molecule has 6 nitrogen and oxygen atoms in total. The highest BCUT2D eigenvalue weighted by atomic mass is 16.6. The lowest BCUT2D eigenvalue weighted by atomic mass is 9.94. The van der Waals surface area contributed by atoms with Crippen molar-refractivity contribution in [3.05, 3.63) is 71.8 Å². The number of cyclic esters (lactones) is 1. The van der Waals surface area contributed by atoms with E-state index >= 15 is 0 Å². The summed E-state index contributed by atoms with van der Waals surface area (Å²) >= 11 is 0. The van der Waals surface area contributed by atoms with Crippen molar-refractivity contribution >= 4 is 11.9 Å². The molecule has 1 saturated heterocycles. The van der Waals surface area contributed by atoms with Crippen LogP contribution in [0.2, 0.25) is 0 Å². The highest BCUT2D eigenvalue weighted by Crippen LogP contribution is 2.27. The molecule has 196 valence electrons. The summed E-state index contributed by atoms with van der Waals surface area (Å²) in [4.78, 5) is 25.6. The molecule has 0 bridgehead atoms. The van der Waals surface area contributed by atoms with E-state index in [0.29, 0.717) is 19.6 Å². The van der Waals surface area contributed by atoms with Crippen molar-refractivity contribution in [2.24, 2.45) is 5.92 Å². The average Bonchev–Trinajstić information content (AvgIpc) is 2.83. The SMILES string of the molecule is C[C@@H]1OC(=O)C(CC(=O)OC(C)(C)C)CCCC[C@H](OCc2ccccc2)[C@H]1OCc1ccccc1. The second-order valence-corrected chi connectivity index (χ2v) is 10.5. The summed E-state index contributed by atoms with van der Waals surface area (Å²) in [5.74, 6) is -1.29. The van der Waals surface area contributed by atoms with Crippen LogP contribution in [0, 0.1) is 5.92 Å². The van der Waals surface area contributed by atoms with E-state index in [1.165, 1.54) is 0 Å². The monoisotopic (exact) mass is 496 g/mol. The minimum atomic E-state index is -0.593. The number of carbonyl (C=O) groups excluding carboxylic acids is 2. The van der Waals surface area contributed by atoms with Crippen LogP contribution in [0.4, 0.5) is 0 Å². The molecule has 2 aromatic carbocycles. The fraction of sp³-hybridized carbons (Fsp3) is 0.533. The molecule has 1 unspecified atom stereocenters. The summed E-state index contributed by atoms with van der Waals surface area (Å²) in [6.45, 7) is 8.16. The van der Waals surface area contributed by atoms with Crippen LogP contribution in [0.25, 0.3) is 0 Å². The zero-order valence-corrected chi connectivity index (χ0v) is 22.0. The molecular weight excluding hydrogens is 456 g/mol. The first-order valence-electron chi connectivity index (χ1n) is 12.9. The van der Waals surface area contributed by atoms with Crippen LogP contribution >= 0.6 is 0 Å². The van der Waals surface area contributed by atoms with Gasteiger partial charge in [-0.05, 0) is 51.7 Å². The average molecular weight is 497 g/mol. The van der Waals surface area contributed by atoms with Gasteiger partial charge in [-0.1, -0.05) is 73.5 Å². The van der Waals surface area contributed by atoms with Gasteiger partial charge in [0.1, 0.15) is 17.8 Å². The smallest absolute Gasteiger partial charge is 0.309 e. The van der Waals surface area contributed by atoms with Crippen LogP contribution < -0.4 is 0 Å². The van der Waals surface area contributed by atoms with E-state index in [1.807, 2.05) is 88.4 Å². The Balaban J connectivity index is 1.72. The zero-order valence-electron chi connectivity index (χ0n) is 22.0. The van der Waals surface area contributed by atoms with E-state index in [-0.39, 0.29) is 24.5 Å². The van der Waals surface area contributed by atoms with Crippen LogP contribution in [0.3, 0.4) is 0 Å². The molecule has 3 rings (SSSR count). The number of ether oxygens (including phenoxy) is 4. The number of hydrogen-bond acceptors (Lipinski definition) is 6. The summed E-state index contributed by atoms with van der Waals surface area (Å²) in [7, 11) is 0. The third kappa shape index (κ3) is 9.40. The zero-order chi connectivity index (χ0) is 26.0. The molecule has 2 aromatic rings. The summed E-state index contributed by atoms with van der Waals surface area (Å²) in [5, 5.41) is 0. The van der Waals surface area contributed by atoms with Crippen molar-refractivity contribution in [2.75, 3.05) is 0 Å². The highest BCUT2D eigenvalue weighted by molar-refractivity contribution is 5.80. The first-order valence-corrected chi connectivity index (χ1v) is 12.9. The lowest BCUT2D eigenvalue weighted by Gasteiger charge is -2.33. The first-order chi connectivity index (χ1) is 17.2. The van der Waals surface area contributed by atoms with Crippen molar-refractivity contribution < 1.29 is 28.5 Å². The molecule has 1 aliphatic heterocycles. The predicted octanol–water partition coefficient (Wildman–Crippen LogP) is 6.01. The first kappa shape index (κ1) is 27.9. The molecule has 1 heterocycles. The van der Waals surface area contributed by atoms with Crippen LogP contribution in [0.1, 0.15) is 70.9 Å². The Morgan fingerprint density at radius 1 is 0.889 bits per heavy atom. The van der Waals surface area contributed by atoms with Crippen LogP contribution in [-0.4, -0.2) is 35.9 Å². The van der Waals surface area contributed by atoms with Gasteiger partial charge in [0.2, 0.25) is 0 Å². The lowest BCUT2D eigenvalue weighted by molar-refractivity contribution is -0.179. The van der Waals surface area contributed by atoms with Gasteiger partial charge in [0.15, 0.2) is 0 Å². The van der Waals surface area contributed by atoms with Crippen molar-refractivity contribution in [3.63, 3.8) is 0 Å². The van der Waals surface area contributed by atoms with Gasteiger partial charge in [-0.3, -0.25) is 9.59 Å². The Morgan fingerprint density at radius 3 is 2.03 bits per heavy atom. The summed E-state index contributed by atoms with van der Waals surface area (Å²) in [6.07, 6.45) is 1.78. The van der Waals surface area contributed by atoms with Crippen molar-refractivity contribution in [1.82, 2.24) is 0 Å². The summed E-state index contributed by atoms with van der Waals surface area (Å²) in [5.41, 5.74) is 1.53. The van der Waals surface area contributed by atoms with Gasteiger partial charge in [0, 0.05) is 0 Å². The van der Waals surface area contributed by atoms with Gasteiger partial charge in [-0.2, -0.15) is 0 Å².